The Labute approximate surface area is 56.9 Å². The van der Waals surface area contributed by atoms with Gasteiger partial charge in [0.2, 0.25) is 0 Å². The second-order valence-corrected chi connectivity index (χ2v) is 5.74. The summed E-state index contributed by atoms with van der Waals surface area (Å²) in [6, 6.07) is 0. The zero-order valence-corrected chi connectivity index (χ0v) is 7.91. The Hall–Kier alpha value is 0.363. The van der Waals surface area contributed by atoms with E-state index in [1.165, 1.54) is 8.26 Å². The van der Waals surface area contributed by atoms with Crippen LogP contribution in [0.1, 0.15) is 0 Å². The third-order valence-corrected chi connectivity index (χ3v) is 4.53. The van der Waals surface area contributed by atoms with Crippen molar-refractivity contribution in [2.75, 3.05) is 0 Å². The molecule has 0 unspecified atom stereocenters. The molecule has 0 saturated carbocycles. The van der Waals surface area contributed by atoms with Crippen LogP contribution in [0.4, 0.5) is 0 Å². The molecule has 0 aromatic carbocycles. The van der Waals surface area contributed by atoms with E-state index in [1.54, 1.807) is 0 Å². The maximum atomic E-state index is 3.64. The summed E-state index contributed by atoms with van der Waals surface area (Å²) in [5, 5.41) is 0. The van der Waals surface area contributed by atoms with Gasteiger partial charge in [0, 0.05) is 0 Å². The van der Waals surface area contributed by atoms with E-state index in [4.69, 9.17) is 0 Å². The SMILES string of the molecule is C=C[CH2][Bi][CH2]C=C. The van der Waals surface area contributed by atoms with E-state index >= 15 is 0 Å². The number of allylic oxidation sites excluding steroid dienone is 2. The summed E-state index contributed by atoms with van der Waals surface area (Å²) in [4.78, 5) is 0. The van der Waals surface area contributed by atoms with E-state index in [1.807, 2.05) is 12.2 Å². The Kier molecular flexibility index (Phi) is 6.69. The van der Waals surface area contributed by atoms with Gasteiger partial charge in [-0.2, -0.15) is 0 Å². The standard InChI is InChI=1S/2C3H5.Bi/c2*1-3-2;/h2*3H,1-2H2;. The van der Waals surface area contributed by atoms with Gasteiger partial charge in [0.1, 0.15) is 0 Å². The van der Waals surface area contributed by atoms with Crippen molar-refractivity contribution in [1.82, 2.24) is 0 Å². The first-order valence-corrected chi connectivity index (χ1v) is 7.18. The van der Waals surface area contributed by atoms with E-state index in [0.29, 0.717) is 0 Å². The summed E-state index contributed by atoms with van der Waals surface area (Å²) < 4.78 is 2.60. The molecule has 0 fully saturated rings. The van der Waals surface area contributed by atoms with Gasteiger partial charge in [0.25, 0.3) is 0 Å². The fourth-order valence-corrected chi connectivity index (χ4v) is 2.26. The Balaban J connectivity index is 2.68. The second-order valence-electron chi connectivity index (χ2n) is 1.17. The maximum absolute atomic E-state index is 3.64. The van der Waals surface area contributed by atoms with Crippen molar-refractivity contribution in [3.8, 4) is 0 Å². The van der Waals surface area contributed by atoms with Crippen LogP contribution >= 0.6 is 0 Å². The van der Waals surface area contributed by atoms with Gasteiger partial charge in [-0.25, -0.2) is 0 Å². The van der Waals surface area contributed by atoms with E-state index in [9.17, 15) is 0 Å². The molecule has 0 bridgehead atoms. The van der Waals surface area contributed by atoms with Crippen molar-refractivity contribution in [2.45, 2.75) is 8.26 Å². The van der Waals surface area contributed by atoms with Crippen LogP contribution in [0.5, 0.6) is 0 Å². The molecule has 0 nitrogen and oxygen atoms in total. The summed E-state index contributed by atoms with van der Waals surface area (Å²) in [6.45, 7) is 7.29. The predicted molar refractivity (Wildman–Crippen MR) is 35.8 cm³/mol. The first-order chi connectivity index (χ1) is 3.41. The first-order valence-electron chi connectivity index (χ1n) is 2.27. The van der Waals surface area contributed by atoms with Crippen LogP contribution in [0.25, 0.3) is 0 Å². The average molecular weight is 291 g/mol. The molecule has 0 aromatic rings. The van der Waals surface area contributed by atoms with Gasteiger partial charge in [-0.15, -0.1) is 0 Å². The molecule has 1 heteroatoms. The van der Waals surface area contributed by atoms with Crippen molar-refractivity contribution in [3.05, 3.63) is 25.3 Å². The monoisotopic (exact) mass is 291 g/mol. The molecule has 0 N–H and O–H groups in total. The molecule has 0 aliphatic carbocycles. The third kappa shape index (κ3) is 6.36. The van der Waals surface area contributed by atoms with Crippen molar-refractivity contribution >= 4 is 23.2 Å². The molecule has 1 radical (unpaired) electrons. The molecule has 0 aromatic heterocycles. The van der Waals surface area contributed by atoms with Crippen LogP contribution in [0.3, 0.4) is 0 Å². The van der Waals surface area contributed by atoms with Crippen LogP contribution in [-0.4, -0.2) is 23.2 Å². The van der Waals surface area contributed by atoms with Gasteiger partial charge in [-0.3, -0.25) is 0 Å². The van der Waals surface area contributed by atoms with Gasteiger partial charge >= 0.3 is 56.8 Å². The Bertz CT molecular complexity index is 49.2. The molecule has 0 aliphatic rings. The van der Waals surface area contributed by atoms with E-state index in [0.717, 1.165) is 0 Å². The van der Waals surface area contributed by atoms with Crippen molar-refractivity contribution < 1.29 is 0 Å². The van der Waals surface area contributed by atoms with Crippen LogP contribution in [0.2, 0.25) is 8.26 Å². The van der Waals surface area contributed by atoms with Crippen molar-refractivity contribution in [2.24, 2.45) is 0 Å². The molecule has 7 heavy (non-hydrogen) atoms. The van der Waals surface area contributed by atoms with Crippen LogP contribution in [0, 0.1) is 0 Å². The Morgan fingerprint density at radius 1 is 1.14 bits per heavy atom. The van der Waals surface area contributed by atoms with Gasteiger partial charge in [-0.1, -0.05) is 0 Å². The zero-order valence-electron chi connectivity index (χ0n) is 4.43. The molecule has 0 heterocycles. The Morgan fingerprint density at radius 3 is 1.86 bits per heavy atom. The summed E-state index contributed by atoms with van der Waals surface area (Å²) in [5.74, 6) is 0. The average Bonchev–Trinajstić information content (AvgIpc) is 1.69. The minimum atomic E-state index is -0.133. The van der Waals surface area contributed by atoms with Gasteiger partial charge in [0.15, 0.2) is 0 Å². The number of hydrogen-bond donors (Lipinski definition) is 0. The minimum absolute atomic E-state index is 0.133. The normalized spacial score (nSPS) is 8.00. The van der Waals surface area contributed by atoms with Gasteiger partial charge < -0.3 is 0 Å². The molecular formula is C6H10Bi. The van der Waals surface area contributed by atoms with Gasteiger partial charge in [0.05, 0.1) is 0 Å². The molecular weight excluding hydrogens is 281 g/mol. The number of rotatable bonds is 4. The summed E-state index contributed by atoms with van der Waals surface area (Å²) >= 11 is -0.133. The molecule has 0 rings (SSSR count). The second kappa shape index (κ2) is 6.36. The van der Waals surface area contributed by atoms with Crippen molar-refractivity contribution in [3.63, 3.8) is 0 Å². The summed E-state index contributed by atoms with van der Waals surface area (Å²) in [7, 11) is 0. The summed E-state index contributed by atoms with van der Waals surface area (Å²) in [6.07, 6.45) is 4.03. The number of hydrogen-bond acceptors (Lipinski definition) is 0. The first kappa shape index (κ1) is 7.36. The fourth-order valence-electron chi connectivity index (χ4n) is 0.257. The van der Waals surface area contributed by atoms with Crippen LogP contribution in [-0.2, 0) is 0 Å². The third-order valence-electron chi connectivity index (χ3n) is 0.516. The van der Waals surface area contributed by atoms with Gasteiger partial charge in [-0.05, 0) is 0 Å². The van der Waals surface area contributed by atoms with Crippen LogP contribution < -0.4 is 0 Å². The Morgan fingerprint density at radius 2 is 1.57 bits per heavy atom. The van der Waals surface area contributed by atoms with E-state index in [-0.39, 0.29) is 23.2 Å². The topological polar surface area (TPSA) is 0 Å². The summed E-state index contributed by atoms with van der Waals surface area (Å²) in [5.41, 5.74) is 0. The molecule has 0 amide bonds. The molecule has 0 aliphatic heterocycles. The van der Waals surface area contributed by atoms with E-state index in [2.05, 4.69) is 13.2 Å². The molecule has 0 saturated heterocycles. The van der Waals surface area contributed by atoms with Crippen LogP contribution in [0.15, 0.2) is 25.3 Å². The van der Waals surface area contributed by atoms with Crippen molar-refractivity contribution in [1.29, 1.82) is 0 Å². The fraction of sp³-hybridized carbons (Fsp3) is 0.333. The van der Waals surface area contributed by atoms with E-state index < -0.39 is 0 Å². The molecule has 0 atom stereocenters. The predicted octanol–water partition coefficient (Wildman–Crippen LogP) is 1.90. The molecule has 39 valence electrons. The molecule has 0 spiro atoms. The quantitative estimate of drug-likeness (QED) is 0.421. The zero-order chi connectivity index (χ0) is 5.54.